The van der Waals surface area contributed by atoms with Gasteiger partial charge in [-0.3, -0.25) is 15.1 Å². The fraction of sp³-hybridized carbons (Fsp3) is 0.667. The van der Waals surface area contributed by atoms with Gasteiger partial charge in [-0.2, -0.15) is 8.42 Å². The minimum Gasteiger partial charge on any atom is -0.448 e. The van der Waals surface area contributed by atoms with Crippen LogP contribution in [0.3, 0.4) is 0 Å². The van der Waals surface area contributed by atoms with Crippen LogP contribution in [0.25, 0.3) is 0 Å². The van der Waals surface area contributed by atoms with Crippen molar-refractivity contribution in [3.63, 3.8) is 0 Å². The van der Waals surface area contributed by atoms with Crippen molar-refractivity contribution in [3.8, 4) is 0 Å². The van der Waals surface area contributed by atoms with Crippen molar-refractivity contribution in [1.29, 1.82) is 0 Å². The van der Waals surface area contributed by atoms with E-state index in [-0.39, 0.29) is 6.47 Å². The molecule has 0 spiro atoms. The van der Waals surface area contributed by atoms with Crippen molar-refractivity contribution in [2.45, 2.75) is 6.23 Å². The predicted octanol–water partition coefficient (Wildman–Crippen LogP) is -1.67. The summed E-state index contributed by atoms with van der Waals surface area (Å²) in [7, 11) is -4.15. The van der Waals surface area contributed by atoms with Crippen molar-refractivity contribution in [2.24, 2.45) is 5.73 Å². The van der Waals surface area contributed by atoms with Gasteiger partial charge in [0, 0.05) is 0 Å². The van der Waals surface area contributed by atoms with Gasteiger partial charge in [-0.05, 0) is 0 Å². The Morgan fingerprint density at radius 1 is 1.70 bits per heavy atom. The SMILES string of the molecule is NC(CS(=O)(=O)O)OC=O. The van der Waals surface area contributed by atoms with E-state index in [1.54, 1.807) is 0 Å². The summed E-state index contributed by atoms with van der Waals surface area (Å²) in [5, 5.41) is 0. The van der Waals surface area contributed by atoms with Gasteiger partial charge in [-0.25, -0.2) is 0 Å². The molecule has 6 nitrogen and oxygen atoms in total. The third-order valence-electron chi connectivity index (χ3n) is 0.605. The van der Waals surface area contributed by atoms with Crippen LogP contribution in [-0.2, 0) is 19.6 Å². The van der Waals surface area contributed by atoms with E-state index in [0.717, 1.165) is 0 Å². The zero-order chi connectivity index (χ0) is 8.20. The molecule has 0 aliphatic rings. The molecule has 0 heterocycles. The Bertz CT molecular complexity index is 197. The highest BCUT2D eigenvalue weighted by atomic mass is 32.2. The molecule has 7 heteroatoms. The molecule has 10 heavy (non-hydrogen) atoms. The Morgan fingerprint density at radius 3 is 2.50 bits per heavy atom. The molecule has 0 saturated carbocycles. The van der Waals surface area contributed by atoms with Gasteiger partial charge in [-0.1, -0.05) is 0 Å². The van der Waals surface area contributed by atoms with Gasteiger partial charge in [0.2, 0.25) is 0 Å². The summed E-state index contributed by atoms with van der Waals surface area (Å²) >= 11 is 0. The molecule has 0 aliphatic heterocycles. The monoisotopic (exact) mass is 169 g/mol. The minimum absolute atomic E-state index is 0.00977. The topological polar surface area (TPSA) is 107 Å². The third-order valence-corrected chi connectivity index (χ3v) is 1.36. The van der Waals surface area contributed by atoms with Crippen molar-refractivity contribution >= 4 is 16.6 Å². The Kier molecular flexibility index (Phi) is 3.26. The number of carbonyl (C=O) groups excluding carboxylic acids is 1. The summed E-state index contributed by atoms with van der Waals surface area (Å²) in [5.74, 6) is -0.786. The molecule has 1 unspecified atom stereocenters. The quantitative estimate of drug-likeness (QED) is 0.296. The van der Waals surface area contributed by atoms with Gasteiger partial charge in [-0.15, -0.1) is 0 Å². The smallest absolute Gasteiger partial charge is 0.294 e. The number of hydrogen-bond donors (Lipinski definition) is 2. The Morgan fingerprint density at radius 2 is 2.20 bits per heavy atom. The zero-order valence-electron chi connectivity index (χ0n) is 4.93. The van der Waals surface area contributed by atoms with Crippen molar-refractivity contribution in [3.05, 3.63) is 0 Å². The van der Waals surface area contributed by atoms with Gasteiger partial charge >= 0.3 is 0 Å². The summed E-state index contributed by atoms with van der Waals surface area (Å²) in [6.07, 6.45) is -1.30. The predicted molar refractivity (Wildman–Crippen MR) is 31.5 cm³/mol. The van der Waals surface area contributed by atoms with Crippen LogP contribution in [0.2, 0.25) is 0 Å². The van der Waals surface area contributed by atoms with Gasteiger partial charge < -0.3 is 4.74 Å². The van der Waals surface area contributed by atoms with E-state index in [0.29, 0.717) is 0 Å². The molecular formula is C3H7NO5S. The highest BCUT2D eigenvalue weighted by Gasteiger charge is 2.12. The molecule has 0 radical (unpaired) electrons. The fourth-order valence-electron chi connectivity index (χ4n) is 0.318. The van der Waals surface area contributed by atoms with E-state index in [1.807, 2.05) is 0 Å². The average Bonchev–Trinajstić information content (AvgIpc) is 1.59. The normalized spacial score (nSPS) is 14.2. The number of rotatable bonds is 4. The lowest BCUT2D eigenvalue weighted by Crippen LogP contribution is -2.31. The molecule has 0 rings (SSSR count). The van der Waals surface area contributed by atoms with Gasteiger partial charge in [0.15, 0.2) is 6.23 Å². The average molecular weight is 169 g/mol. The summed E-state index contributed by atoms with van der Waals surface area (Å²) < 4.78 is 32.1. The van der Waals surface area contributed by atoms with Crippen LogP contribution in [0.15, 0.2) is 0 Å². The van der Waals surface area contributed by atoms with Crippen LogP contribution >= 0.6 is 0 Å². The summed E-state index contributed by atoms with van der Waals surface area (Å²) in [5.41, 5.74) is 4.88. The van der Waals surface area contributed by atoms with Crippen LogP contribution in [0.1, 0.15) is 0 Å². The van der Waals surface area contributed by atoms with E-state index in [9.17, 15) is 13.2 Å². The molecule has 0 bridgehead atoms. The maximum atomic E-state index is 10.00. The first-order valence-electron chi connectivity index (χ1n) is 2.25. The second kappa shape index (κ2) is 3.49. The van der Waals surface area contributed by atoms with E-state index in [2.05, 4.69) is 4.74 Å². The maximum absolute atomic E-state index is 10.00. The van der Waals surface area contributed by atoms with Crippen LogP contribution in [-0.4, -0.2) is 31.4 Å². The second-order valence-corrected chi connectivity index (χ2v) is 3.02. The first-order chi connectivity index (χ1) is 4.45. The summed E-state index contributed by atoms with van der Waals surface area (Å²) in [4.78, 5) is 9.52. The molecule has 0 fully saturated rings. The first-order valence-corrected chi connectivity index (χ1v) is 3.86. The lowest BCUT2D eigenvalue weighted by molar-refractivity contribution is -0.132. The number of carbonyl (C=O) groups is 1. The highest BCUT2D eigenvalue weighted by Crippen LogP contribution is 1.86. The van der Waals surface area contributed by atoms with E-state index >= 15 is 0 Å². The third kappa shape index (κ3) is 5.48. The van der Waals surface area contributed by atoms with Crippen LogP contribution in [0, 0.1) is 0 Å². The Hall–Kier alpha value is -0.660. The van der Waals surface area contributed by atoms with E-state index in [1.165, 1.54) is 0 Å². The largest absolute Gasteiger partial charge is 0.448 e. The zero-order valence-corrected chi connectivity index (χ0v) is 5.74. The lowest BCUT2D eigenvalue weighted by atomic mass is 10.7. The number of hydrogen-bond acceptors (Lipinski definition) is 5. The molecule has 0 aliphatic carbocycles. The Labute approximate surface area is 57.7 Å². The number of ether oxygens (including phenoxy) is 1. The highest BCUT2D eigenvalue weighted by molar-refractivity contribution is 7.85. The summed E-state index contributed by atoms with van der Waals surface area (Å²) in [6.45, 7) is 0.00977. The van der Waals surface area contributed by atoms with Gasteiger partial charge in [0.1, 0.15) is 5.75 Å². The summed E-state index contributed by atoms with van der Waals surface area (Å²) in [6, 6.07) is 0. The maximum Gasteiger partial charge on any atom is 0.294 e. The van der Waals surface area contributed by atoms with Crippen LogP contribution in [0.5, 0.6) is 0 Å². The van der Waals surface area contributed by atoms with Crippen LogP contribution in [0.4, 0.5) is 0 Å². The van der Waals surface area contributed by atoms with Crippen molar-refractivity contribution in [1.82, 2.24) is 0 Å². The van der Waals surface area contributed by atoms with Gasteiger partial charge in [0.25, 0.3) is 16.6 Å². The minimum atomic E-state index is -4.15. The van der Waals surface area contributed by atoms with E-state index in [4.69, 9.17) is 10.3 Å². The second-order valence-electron chi connectivity index (χ2n) is 1.52. The van der Waals surface area contributed by atoms with Gasteiger partial charge in [0.05, 0.1) is 0 Å². The molecule has 0 aromatic heterocycles. The molecule has 0 aromatic carbocycles. The fourth-order valence-corrected chi connectivity index (χ4v) is 0.812. The van der Waals surface area contributed by atoms with Crippen molar-refractivity contribution in [2.75, 3.05) is 5.75 Å². The Balaban J connectivity index is 3.80. The molecule has 0 saturated heterocycles. The standard InChI is InChI=1S/C3H7NO5S/c4-3(9-2-5)1-10(6,7)8/h2-3H,1,4H2,(H,6,7,8). The van der Waals surface area contributed by atoms with Crippen LogP contribution < -0.4 is 5.73 Å². The molecule has 0 amide bonds. The van der Waals surface area contributed by atoms with Crippen molar-refractivity contribution < 1.29 is 22.5 Å². The lowest BCUT2D eigenvalue weighted by Gasteiger charge is -2.05. The molecule has 1 atom stereocenters. The van der Waals surface area contributed by atoms with E-state index < -0.39 is 22.1 Å². The number of nitrogens with two attached hydrogens (primary N) is 1. The molecule has 60 valence electrons. The molecule has 0 aromatic rings. The molecular weight excluding hydrogens is 162 g/mol. The first kappa shape index (κ1) is 9.34. The molecule has 3 N–H and O–H groups in total.